The van der Waals surface area contributed by atoms with Gasteiger partial charge in [0.25, 0.3) is 0 Å². The van der Waals surface area contributed by atoms with Gasteiger partial charge in [-0.1, -0.05) is 78.3 Å². The van der Waals surface area contributed by atoms with Crippen LogP contribution in [0.4, 0.5) is 0 Å². The fourth-order valence-electron chi connectivity index (χ4n) is 4.20. The largest absolute Gasteiger partial charge is 0.355 e. The zero-order chi connectivity index (χ0) is 22.6. The van der Waals surface area contributed by atoms with Crippen molar-refractivity contribution in [3.63, 3.8) is 0 Å². The van der Waals surface area contributed by atoms with Crippen LogP contribution in [0.15, 0.2) is 91.0 Å². The van der Waals surface area contributed by atoms with Crippen LogP contribution in [0.3, 0.4) is 0 Å². The lowest BCUT2D eigenvalue weighted by molar-refractivity contribution is -0.120. The number of carbonyl (C=O) groups is 1. The molecule has 0 bridgehead atoms. The molecule has 1 heterocycles. The van der Waals surface area contributed by atoms with E-state index in [-0.39, 0.29) is 12.3 Å². The van der Waals surface area contributed by atoms with Gasteiger partial charge in [0.15, 0.2) is 0 Å². The Morgan fingerprint density at radius 1 is 0.879 bits per heavy atom. The minimum absolute atomic E-state index is 0.0414. The number of para-hydroxylation sites is 2. The lowest BCUT2D eigenvalue weighted by Gasteiger charge is -2.11. The van der Waals surface area contributed by atoms with Crippen molar-refractivity contribution in [1.82, 2.24) is 14.9 Å². The van der Waals surface area contributed by atoms with E-state index in [1.807, 2.05) is 36.4 Å². The van der Waals surface area contributed by atoms with Crippen molar-refractivity contribution in [1.29, 1.82) is 0 Å². The Labute approximate surface area is 197 Å². The molecule has 1 aromatic heterocycles. The Hall–Kier alpha value is -3.63. The maximum absolute atomic E-state index is 12.4. The first-order valence-electron chi connectivity index (χ1n) is 11.1. The summed E-state index contributed by atoms with van der Waals surface area (Å²) in [5, 5.41) is 6.10. The highest BCUT2D eigenvalue weighted by Crippen LogP contribution is 2.21. The van der Waals surface area contributed by atoms with Gasteiger partial charge in [0.2, 0.25) is 5.91 Å². The number of hydrogen-bond donors (Lipinski definition) is 1. The molecule has 1 amide bonds. The molecule has 0 aliphatic carbocycles. The lowest BCUT2D eigenvalue weighted by atomic mass is 10.1. The smallest absolute Gasteiger partial charge is 0.224 e. The lowest BCUT2D eigenvalue weighted by Crippen LogP contribution is -2.28. The summed E-state index contributed by atoms with van der Waals surface area (Å²) < 4.78 is 2.25. The zero-order valence-electron chi connectivity index (χ0n) is 18.2. The molecule has 33 heavy (non-hydrogen) atoms. The van der Waals surface area contributed by atoms with Gasteiger partial charge in [-0.15, -0.1) is 0 Å². The second-order valence-corrected chi connectivity index (χ2v) is 8.56. The third-order valence-corrected chi connectivity index (χ3v) is 6.24. The van der Waals surface area contributed by atoms with Crippen LogP contribution < -0.4 is 5.32 Å². The molecule has 164 valence electrons. The molecule has 0 saturated carbocycles. The van der Waals surface area contributed by atoms with E-state index in [1.54, 1.807) is 6.07 Å². The second kappa shape index (κ2) is 9.47. The summed E-state index contributed by atoms with van der Waals surface area (Å²) in [6.45, 7) is 1.25. The van der Waals surface area contributed by atoms with Crippen molar-refractivity contribution in [3.8, 4) is 0 Å². The summed E-state index contributed by atoms with van der Waals surface area (Å²) in [6.07, 6.45) is 0.920. The number of imidazole rings is 1. The van der Waals surface area contributed by atoms with E-state index in [0.29, 0.717) is 18.0 Å². The Balaban J connectivity index is 1.33. The van der Waals surface area contributed by atoms with Gasteiger partial charge in [-0.2, -0.15) is 0 Å². The molecule has 0 aliphatic heterocycles. The van der Waals surface area contributed by atoms with Crippen LogP contribution in [-0.2, 0) is 24.2 Å². The highest BCUT2D eigenvalue weighted by molar-refractivity contribution is 6.31. The number of halogens is 1. The molecule has 1 N–H and O–H groups in total. The predicted molar refractivity (Wildman–Crippen MR) is 135 cm³/mol. The molecule has 4 nitrogen and oxygen atoms in total. The third-order valence-electron chi connectivity index (χ3n) is 5.87. The maximum atomic E-state index is 12.4. The number of nitrogens with zero attached hydrogens (tertiary/aromatic N) is 2. The molecule has 0 aliphatic rings. The predicted octanol–water partition coefficient (Wildman–Crippen LogP) is 5.79. The summed E-state index contributed by atoms with van der Waals surface area (Å²) in [7, 11) is 0. The average Bonchev–Trinajstić information content (AvgIpc) is 3.18. The van der Waals surface area contributed by atoms with Crippen LogP contribution in [0.2, 0.25) is 5.02 Å². The first-order chi connectivity index (χ1) is 16.2. The molecule has 0 spiro atoms. The number of benzene rings is 4. The Kier molecular flexibility index (Phi) is 6.09. The monoisotopic (exact) mass is 453 g/mol. The van der Waals surface area contributed by atoms with Gasteiger partial charge in [-0.05, 0) is 46.2 Å². The highest BCUT2D eigenvalue weighted by atomic mass is 35.5. The van der Waals surface area contributed by atoms with Crippen molar-refractivity contribution in [3.05, 3.63) is 113 Å². The van der Waals surface area contributed by atoms with Crippen molar-refractivity contribution in [2.75, 3.05) is 6.54 Å². The molecule has 0 atom stereocenters. The van der Waals surface area contributed by atoms with Crippen molar-refractivity contribution < 1.29 is 4.79 Å². The molecule has 5 heteroatoms. The van der Waals surface area contributed by atoms with E-state index >= 15 is 0 Å². The number of aromatic nitrogens is 2. The molecular formula is C28H24ClN3O. The minimum atomic E-state index is -0.0414. The van der Waals surface area contributed by atoms with E-state index in [1.165, 1.54) is 16.3 Å². The molecule has 5 rings (SSSR count). The van der Waals surface area contributed by atoms with Gasteiger partial charge >= 0.3 is 0 Å². The van der Waals surface area contributed by atoms with Crippen LogP contribution >= 0.6 is 11.6 Å². The van der Waals surface area contributed by atoms with Gasteiger partial charge in [0, 0.05) is 24.5 Å². The minimum Gasteiger partial charge on any atom is -0.355 e. The molecule has 0 radical (unpaired) electrons. The van der Waals surface area contributed by atoms with Crippen LogP contribution in [0.1, 0.15) is 17.0 Å². The highest BCUT2D eigenvalue weighted by Gasteiger charge is 2.12. The van der Waals surface area contributed by atoms with E-state index in [0.717, 1.165) is 29.0 Å². The van der Waals surface area contributed by atoms with Crippen LogP contribution in [0.5, 0.6) is 0 Å². The fraction of sp³-hybridized carbons (Fsp3) is 0.143. The maximum Gasteiger partial charge on any atom is 0.224 e. The number of hydrogen-bond acceptors (Lipinski definition) is 2. The summed E-state index contributed by atoms with van der Waals surface area (Å²) in [5.74, 6) is 0.919. The molecule has 0 saturated heterocycles. The molecule has 5 aromatic rings. The Bertz CT molecular complexity index is 1440. The molecule has 4 aromatic carbocycles. The number of carbonyl (C=O) groups excluding carboxylic acids is 1. The standard InChI is InChI=1S/C28H24ClN3O/c29-24-10-4-3-9-23(24)18-28(33)30-16-15-27-31-25-11-5-6-12-26(25)32(27)19-20-13-14-21-7-1-2-8-22(21)17-20/h1-14,17H,15-16,18-19H2,(H,30,33). The summed E-state index contributed by atoms with van der Waals surface area (Å²) in [5.41, 5.74) is 4.12. The van der Waals surface area contributed by atoms with Crippen molar-refractivity contribution >= 4 is 39.3 Å². The van der Waals surface area contributed by atoms with E-state index in [2.05, 4.69) is 58.4 Å². The molecular weight excluding hydrogens is 430 g/mol. The van der Waals surface area contributed by atoms with Gasteiger partial charge < -0.3 is 9.88 Å². The SMILES string of the molecule is O=C(Cc1ccccc1Cl)NCCc1nc2ccccc2n1Cc1ccc2ccccc2c1. The van der Waals surface area contributed by atoms with Crippen LogP contribution in [0.25, 0.3) is 21.8 Å². The first kappa shape index (κ1) is 21.2. The quantitative estimate of drug-likeness (QED) is 0.339. The Morgan fingerprint density at radius 2 is 1.64 bits per heavy atom. The van der Waals surface area contributed by atoms with Crippen molar-refractivity contribution in [2.45, 2.75) is 19.4 Å². The number of rotatable bonds is 7. The number of nitrogens with one attached hydrogen (secondary N) is 1. The number of amides is 1. The summed E-state index contributed by atoms with van der Waals surface area (Å²) in [6, 6.07) is 30.6. The second-order valence-electron chi connectivity index (χ2n) is 8.15. The van der Waals surface area contributed by atoms with E-state index < -0.39 is 0 Å². The van der Waals surface area contributed by atoms with Crippen LogP contribution in [-0.4, -0.2) is 22.0 Å². The number of fused-ring (bicyclic) bond motifs is 2. The fourth-order valence-corrected chi connectivity index (χ4v) is 4.41. The molecule has 0 unspecified atom stereocenters. The van der Waals surface area contributed by atoms with Gasteiger partial charge in [-0.25, -0.2) is 4.98 Å². The van der Waals surface area contributed by atoms with E-state index in [9.17, 15) is 4.79 Å². The summed E-state index contributed by atoms with van der Waals surface area (Å²) in [4.78, 5) is 17.3. The normalized spacial score (nSPS) is 11.2. The first-order valence-corrected chi connectivity index (χ1v) is 11.5. The van der Waals surface area contributed by atoms with Gasteiger partial charge in [0.05, 0.1) is 17.5 Å². The summed E-state index contributed by atoms with van der Waals surface area (Å²) >= 11 is 6.18. The average molecular weight is 454 g/mol. The third kappa shape index (κ3) is 4.76. The van der Waals surface area contributed by atoms with Crippen molar-refractivity contribution in [2.24, 2.45) is 0 Å². The zero-order valence-corrected chi connectivity index (χ0v) is 18.9. The Morgan fingerprint density at radius 3 is 2.52 bits per heavy atom. The van der Waals surface area contributed by atoms with Crippen LogP contribution in [0, 0.1) is 0 Å². The topological polar surface area (TPSA) is 46.9 Å². The van der Waals surface area contributed by atoms with Gasteiger partial charge in [-0.3, -0.25) is 4.79 Å². The molecule has 0 fully saturated rings. The van der Waals surface area contributed by atoms with Gasteiger partial charge in [0.1, 0.15) is 5.82 Å². The van der Waals surface area contributed by atoms with E-state index in [4.69, 9.17) is 16.6 Å².